The number of fused-ring (bicyclic) bond motifs is 1. The molecule has 2 aromatic heterocycles. The second-order valence-electron chi connectivity index (χ2n) is 6.75. The summed E-state index contributed by atoms with van der Waals surface area (Å²) in [5.41, 5.74) is 3.50. The molecule has 24 heavy (non-hydrogen) atoms. The van der Waals surface area contributed by atoms with Crippen molar-refractivity contribution < 1.29 is 14.1 Å². The monoisotopic (exact) mass is 330 g/mol. The molecule has 4 rings (SSSR count). The summed E-state index contributed by atoms with van der Waals surface area (Å²) >= 11 is 0. The SMILES string of the molecule is C[C@@H]1Cc2c(C(=O)N3CCC(c4ccon4)CC3)n[nH]c2[C@H](C)O1. The number of carbonyl (C=O) groups is 1. The lowest BCUT2D eigenvalue weighted by atomic mass is 9.93. The Hall–Kier alpha value is -2.15. The fourth-order valence-electron chi connectivity index (χ4n) is 3.81. The minimum absolute atomic E-state index is 0.0207. The number of ether oxygens (including phenoxy) is 1. The Balaban J connectivity index is 1.48. The molecule has 128 valence electrons. The van der Waals surface area contributed by atoms with E-state index in [2.05, 4.69) is 15.4 Å². The highest BCUT2D eigenvalue weighted by atomic mass is 16.5. The van der Waals surface area contributed by atoms with Crippen LogP contribution >= 0.6 is 0 Å². The third-order valence-electron chi connectivity index (χ3n) is 5.09. The topological polar surface area (TPSA) is 84.3 Å². The third-order valence-corrected chi connectivity index (χ3v) is 5.09. The smallest absolute Gasteiger partial charge is 0.274 e. The van der Waals surface area contributed by atoms with Crippen LogP contribution in [0.3, 0.4) is 0 Å². The van der Waals surface area contributed by atoms with E-state index in [1.54, 1.807) is 6.26 Å². The lowest BCUT2D eigenvalue weighted by Gasteiger charge is -2.31. The van der Waals surface area contributed by atoms with Crippen LogP contribution in [0.2, 0.25) is 0 Å². The van der Waals surface area contributed by atoms with Crippen LogP contribution in [-0.2, 0) is 11.2 Å². The predicted molar refractivity (Wildman–Crippen MR) is 85.6 cm³/mol. The quantitative estimate of drug-likeness (QED) is 0.914. The number of aromatic nitrogens is 3. The van der Waals surface area contributed by atoms with E-state index in [0.717, 1.165) is 49.3 Å². The highest BCUT2D eigenvalue weighted by molar-refractivity contribution is 5.94. The maximum absolute atomic E-state index is 12.9. The molecule has 2 aliphatic heterocycles. The molecule has 1 N–H and O–H groups in total. The number of aromatic amines is 1. The molecule has 2 aliphatic rings. The van der Waals surface area contributed by atoms with Gasteiger partial charge in [0.15, 0.2) is 5.69 Å². The summed E-state index contributed by atoms with van der Waals surface area (Å²) < 4.78 is 10.7. The zero-order valence-corrected chi connectivity index (χ0v) is 14.0. The summed E-state index contributed by atoms with van der Waals surface area (Å²) in [5, 5.41) is 11.3. The Kier molecular flexibility index (Phi) is 3.88. The number of piperidine rings is 1. The van der Waals surface area contributed by atoms with Gasteiger partial charge in [-0.1, -0.05) is 5.16 Å². The fraction of sp³-hybridized carbons (Fsp3) is 0.588. The molecule has 0 saturated carbocycles. The molecular formula is C17H22N4O3. The van der Waals surface area contributed by atoms with Gasteiger partial charge in [-0.25, -0.2) is 0 Å². The minimum Gasteiger partial charge on any atom is -0.369 e. The molecule has 0 radical (unpaired) electrons. The van der Waals surface area contributed by atoms with Crippen LogP contribution in [0.4, 0.5) is 0 Å². The number of likely N-dealkylation sites (tertiary alicyclic amines) is 1. The first kappa shape index (κ1) is 15.4. The number of hydrogen-bond acceptors (Lipinski definition) is 5. The van der Waals surface area contributed by atoms with Crippen molar-refractivity contribution in [3.8, 4) is 0 Å². The van der Waals surface area contributed by atoms with Crippen molar-refractivity contribution in [2.75, 3.05) is 13.1 Å². The van der Waals surface area contributed by atoms with Crippen LogP contribution in [0.1, 0.15) is 66.2 Å². The van der Waals surface area contributed by atoms with Crippen molar-refractivity contribution in [3.05, 3.63) is 35.0 Å². The highest BCUT2D eigenvalue weighted by Crippen LogP contribution is 2.32. The summed E-state index contributed by atoms with van der Waals surface area (Å²) in [6.07, 6.45) is 4.20. The van der Waals surface area contributed by atoms with Crippen molar-refractivity contribution in [2.45, 2.75) is 51.2 Å². The second kappa shape index (κ2) is 6.05. The van der Waals surface area contributed by atoms with Gasteiger partial charge in [0.2, 0.25) is 0 Å². The molecule has 1 saturated heterocycles. The van der Waals surface area contributed by atoms with E-state index in [1.807, 2.05) is 24.8 Å². The van der Waals surface area contributed by atoms with Crippen LogP contribution in [0.25, 0.3) is 0 Å². The highest BCUT2D eigenvalue weighted by Gasteiger charge is 2.33. The predicted octanol–water partition coefficient (Wildman–Crippen LogP) is 2.44. The maximum atomic E-state index is 12.9. The summed E-state index contributed by atoms with van der Waals surface area (Å²) in [6, 6.07) is 1.91. The molecule has 2 atom stereocenters. The van der Waals surface area contributed by atoms with Gasteiger partial charge in [0, 0.05) is 37.1 Å². The number of hydrogen-bond donors (Lipinski definition) is 1. The van der Waals surface area contributed by atoms with E-state index in [9.17, 15) is 4.79 Å². The first-order valence-electron chi connectivity index (χ1n) is 8.55. The van der Waals surface area contributed by atoms with Crippen molar-refractivity contribution in [1.82, 2.24) is 20.3 Å². The van der Waals surface area contributed by atoms with E-state index < -0.39 is 0 Å². The van der Waals surface area contributed by atoms with Crippen molar-refractivity contribution in [3.63, 3.8) is 0 Å². The molecule has 0 bridgehead atoms. The van der Waals surface area contributed by atoms with Crippen LogP contribution in [0.15, 0.2) is 16.9 Å². The average Bonchev–Trinajstić information content (AvgIpc) is 3.24. The normalized spacial score (nSPS) is 24.8. The summed E-state index contributed by atoms with van der Waals surface area (Å²) in [7, 11) is 0. The van der Waals surface area contributed by atoms with Gasteiger partial charge in [-0.15, -0.1) is 0 Å². The molecule has 4 heterocycles. The Bertz CT molecular complexity index is 716. The zero-order chi connectivity index (χ0) is 16.7. The molecule has 1 fully saturated rings. The first-order chi connectivity index (χ1) is 11.6. The van der Waals surface area contributed by atoms with Gasteiger partial charge in [-0.2, -0.15) is 5.10 Å². The van der Waals surface area contributed by atoms with Crippen molar-refractivity contribution >= 4 is 5.91 Å². The number of carbonyl (C=O) groups excluding carboxylic acids is 1. The number of nitrogens with zero attached hydrogens (tertiary/aromatic N) is 3. The number of nitrogens with one attached hydrogen (secondary N) is 1. The van der Waals surface area contributed by atoms with Gasteiger partial charge in [0.05, 0.1) is 23.6 Å². The largest absolute Gasteiger partial charge is 0.369 e. The number of amides is 1. The van der Waals surface area contributed by atoms with Gasteiger partial charge in [0.25, 0.3) is 5.91 Å². The summed E-state index contributed by atoms with van der Waals surface area (Å²) in [5.74, 6) is 0.391. The van der Waals surface area contributed by atoms with E-state index in [4.69, 9.17) is 9.26 Å². The van der Waals surface area contributed by atoms with E-state index in [0.29, 0.717) is 11.6 Å². The lowest BCUT2D eigenvalue weighted by Crippen LogP contribution is -2.39. The molecule has 0 spiro atoms. The molecule has 0 unspecified atom stereocenters. The molecule has 2 aromatic rings. The molecule has 1 amide bonds. The van der Waals surface area contributed by atoms with Gasteiger partial charge in [-0.05, 0) is 26.7 Å². The van der Waals surface area contributed by atoms with Crippen molar-refractivity contribution in [2.24, 2.45) is 0 Å². The first-order valence-corrected chi connectivity index (χ1v) is 8.55. The fourth-order valence-corrected chi connectivity index (χ4v) is 3.81. The molecule has 0 aliphatic carbocycles. The Morgan fingerprint density at radius 1 is 1.33 bits per heavy atom. The minimum atomic E-state index is -0.0456. The molecule has 7 nitrogen and oxygen atoms in total. The van der Waals surface area contributed by atoms with Gasteiger partial charge < -0.3 is 14.2 Å². The standard InChI is InChI=1S/C17H22N4O3/c1-10-9-13-15(11(2)24-10)18-19-16(13)17(22)21-6-3-12(4-7-21)14-5-8-23-20-14/h5,8,10-12H,3-4,6-7,9H2,1-2H3,(H,18,19)/t10-,11+/m1/s1. The zero-order valence-electron chi connectivity index (χ0n) is 14.0. The second-order valence-corrected chi connectivity index (χ2v) is 6.75. The Morgan fingerprint density at radius 2 is 2.12 bits per heavy atom. The summed E-state index contributed by atoms with van der Waals surface area (Å²) in [6.45, 7) is 5.47. The number of H-pyrrole nitrogens is 1. The van der Waals surface area contributed by atoms with Gasteiger partial charge in [0.1, 0.15) is 6.26 Å². The lowest BCUT2D eigenvalue weighted by molar-refractivity contribution is -0.00703. The molecule has 0 aromatic carbocycles. The van der Waals surface area contributed by atoms with Crippen LogP contribution in [0.5, 0.6) is 0 Å². The molecular weight excluding hydrogens is 308 g/mol. The Labute approximate surface area is 140 Å². The Morgan fingerprint density at radius 3 is 2.83 bits per heavy atom. The third kappa shape index (κ3) is 2.62. The van der Waals surface area contributed by atoms with Crippen LogP contribution in [0, 0.1) is 0 Å². The van der Waals surface area contributed by atoms with Crippen molar-refractivity contribution in [1.29, 1.82) is 0 Å². The van der Waals surface area contributed by atoms with Gasteiger partial charge >= 0.3 is 0 Å². The van der Waals surface area contributed by atoms with Gasteiger partial charge in [-0.3, -0.25) is 9.89 Å². The number of rotatable bonds is 2. The average molecular weight is 330 g/mol. The maximum Gasteiger partial charge on any atom is 0.274 e. The van der Waals surface area contributed by atoms with Crippen LogP contribution < -0.4 is 0 Å². The summed E-state index contributed by atoms with van der Waals surface area (Å²) in [4.78, 5) is 14.8. The van der Waals surface area contributed by atoms with E-state index in [-0.39, 0.29) is 18.1 Å². The van der Waals surface area contributed by atoms with Crippen LogP contribution in [-0.4, -0.2) is 45.4 Å². The van der Waals surface area contributed by atoms with E-state index >= 15 is 0 Å². The molecule has 7 heteroatoms. The van der Waals surface area contributed by atoms with E-state index in [1.165, 1.54) is 0 Å².